The number of ether oxygens (including phenoxy) is 1. The highest BCUT2D eigenvalue weighted by atomic mass is 127. The van der Waals surface area contributed by atoms with Crippen LogP contribution in [0.15, 0.2) is 23.3 Å². The zero-order valence-electron chi connectivity index (χ0n) is 13.2. The Kier molecular flexibility index (Phi) is 6.70. The Morgan fingerprint density at radius 1 is 1.52 bits per heavy atom. The molecule has 1 aliphatic rings. The van der Waals surface area contributed by atoms with Gasteiger partial charge < -0.3 is 15.0 Å². The maximum absolute atomic E-state index is 5.27. The molecule has 1 N–H and O–H groups in total. The van der Waals surface area contributed by atoms with Gasteiger partial charge in [0, 0.05) is 38.4 Å². The molecule has 0 saturated carbocycles. The molecule has 0 bridgehead atoms. The smallest absolute Gasteiger partial charge is 0.218 e. The predicted molar refractivity (Wildman–Crippen MR) is 96.4 cm³/mol. The highest BCUT2D eigenvalue weighted by Gasteiger charge is 2.30. The van der Waals surface area contributed by atoms with Crippen molar-refractivity contribution in [2.45, 2.75) is 26.8 Å². The summed E-state index contributed by atoms with van der Waals surface area (Å²) in [6.45, 7) is 7.35. The molecule has 1 aromatic heterocycles. The van der Waals surface area contributed by atoms with Gasteiger partial charge in [-0.05, 0) is 17.9 Å². The Labute approximate surface area is 144 Å². The van der Waals surface area contributed by atoms with Crippen LogP contribution in [0.1, 0.15) is 25.8 Å². The second kappa shape index (κ2) is 7.82. The molecule has 1 aliphatic heterocycles. The first-order valence-electron chi connectivity index (χ1n) is 6.99. The molecule has 0 spiro atoms. The van der Waals surface area contributed by atoms with E-state index in [0.29, 0.717) is 17.8 Å². The summed E-state index contributed by atoms with van der Waals surface area (Å²) in [6.07, 6.45) is 2.93. The van der Waals surface area contributed by atoms with Crippen molar-refractivity contribution in [2.24, 2.45) is 10.4 Å². The van der Waals surface area contributed by atoms with Crippen molar-refractivity contribution in [3.05, 3.63) is 23.9 Å². The van der Waals surface area contributed by atoms with Gasteiger partial charge in [-0.15, -0.1) is 24.0 Å². The number of methoxy groups -OCH3 is 1. The first kappa shape index (κ1) is 18.0. The van der Waals surface area contributed by atoms with Gasteiger partial charge >= 0.3 is 0 Å². The first-order valence-corrected chi connectivity index (χ1v) is 6.99. The van der Waals surface area contributed by atoms with Crippen molar-refractivity contribution < 1.29 is 4.74 Å². The zero-order valence-corrected chi connectivity index (χ0v) is 15.5. The lowest BCUT2D eigenvalue weighted by molar-refractivity contribution is 0.369. The van der Waals surface area contributed by atoms with Gasteiger partial charge in [-0.1, -0.05) is 19.9 Å². The van der Waals surface area contributed by atoms with Gasteiger partial charge in [-0.3, -0.25) is 4.99 Å². The quantitative estimate of drug-likeness (QED) is 0.478. The van der Waals surface area contributed by atoms with E-state index in [9.17, 15) is 0 Å². The molecule has 0 radical (unpaired) electrons. The normalized spacial score (nSPS) is 17.3. The molecule has 0 unspecified atom stereocenters. The second-order valence-corrected chi connectivity index (χ2v) is 5.91. The lowest BCUT2D eigenvalue weighted by Gasteiger charge is -2.23. The van der Waals surface area contributed by atoms with E-state index in [-0.39, 0.29) is 24.0 Å². The minimum atomic E-state index is 0. The predicted octanol–water partition coefficient (Wildman–Crippen LogP) is 2.52. The summed E-state index contributed by atoms with van der Waals surface area (Å²) in [5, 5.41) is 3.40. The van der Waals surface area contributed by atoms with Crippen LogP contribution in [-0.2, 0) is 6.54 Å². The number of hydrogen-bond acceptors (Lipinski definition) is 3. The molecule has 1 saturated heterocycles. The third-order valence-corrected chi connectivity index (χ3v) is 3.67. The monoisotopic (exact) mass is 404 g/mol. The van der Waals surface area contributed by atoms with E-state index in [1.807, 2.05) is 19.2 Å². The van der Waals surface area contributed by atoms with E-state index < -0.39 is 0 Å². The maximum atomic E-state index is 5.27. The van der Waals surface area contributed by atoms with Crippen LogP contribution in [0.3, 0.4) is 0 Å². The number of likely N-dealkylation sites (tertiary alicyclic amines) is 1. The molecule has 0 amide bonds. The fourth-order valence-corrected chi connectivity index (χ4v) is 2.54. The summed E-state index contributed by atoms with van der Waals surface area (Å²) in [7, 11) is 3.47. The summed E-state index contributed by atoms with van der Waals surface area (Å²) in [4.78, 5) is 10.9. The van der Waals surface area contributed by atoms with Gasteiger partial charge in [0.1, 0.15) is 0 Å². The number of nitrogens with zero attached hydrogens (tertiary/aromatic N) is 3. The number of nitrogens with one attached hydrogen (secondary N) is 1. The molecule has 5 nitrogen and oxygen atoms in total. The molecule has 0 atom stereocenters. The van der Waals surface area contributed by atoms with E-state index in [1.165, 1.54) is 6.42 Å². The number of hydrogen-bond donors (Lipinski definition) is 1. The van der Waals surface area contributed by atoms with E-state index in [4.69, 9.17) is 4.74 Å². The fourth-order valence-electron chi connectivity index (χ4n) is 2.54. The summed E-state index contributed by atoms with van der Waals surface area (Å²) in [5.74, 6) is 1.61. The summed E-state index contributed by atoms with van der Waals surface area (Å²) in [5.41, 5.74) is 1.40. The summed E-state index contributed by atoms with van der Waals surface area (Å²) in [6, 6.07) is 3.93. The molecule has 21 heavy (non-hydrogen) atoms. The highest BCUT2D eigenvalue weighted by molar-refractivity contribution is 14.0. The average Bonchev–Trinajstić information content (AvgIpc) is 2.80. The Balaban J connectivity index is 0.00000220. The Morgan fingerprint density at radius 3 is 2.86 bits per heavy atom. The fraction of sp³-hybridized carbons (Fsp3) is 0.600. The minimum absolute atomic E-state index is 0. The van der Waals surface area contributed by atoms with Crippen LogP contribution in [0.5, 0.6) is 5.88 Å². The highest BCUT2D eigenvalue weighted by Crippen LogP contribution is 2.28. The SMILES string of the molecule is CN=C(NCc1cccnc1OC)N1CCC(C)(C)C1.I. The number of rotatable bonds is 3. The molecule has 6 heteroatoms. The first-order chi connectivity index (χ1) is 9.55. The number of halogens is 1. The number of guanidine groups is 1. The number of aliphatic imine (C=N–C) groups is 1. The molecule has 0 aliphatic carbocycles. The third kappa shape index (κ3) is 4.72. The van der Waals surface area contributed by atoms with Crippen molar-refractivity contribution in [1.82, 2.24) is 15.2 Å². The van der Waals surface area contributed by atoms with Crippen LogP contribution in [0, 0.1) is 5.41 Å². The summed E-state index contributed by atoms with van der Waals surface area (Å²) >= 11 is 0. The second-order valence-electron chi connectivity index (χ2n) is 5.91. The van der Waals surface area contributed by atoms with Crippen LogP contribution in [-0.4, -0.2) is 43.1 Å². The van der Waals surface area contributed by atoms with Crippen molar-refractivity contribution >= 4 is 29.9 Å². The number of pyridine rings is 1. The van der Waals surface area contributed by atoms with E-state index in [2.05, 4.69) is 34.0 Å². The van der Waals surface area contributed by atoms with Crippen LogP contribution >= 0.6 is 24.0 Å². The van der Waals surface area contributed by atoms with Gasteiger partial charge in [0.05, 0.1) is 7.11 Å². The van der Waals surface area contributed by atoms with Crippen LogP contribution in [0.2, 0.25) is 0 Å². The molecule has 0 aromatic carbocycles. The van der Waals surface area contributed by atoms with Gasteiger partial charge in [0.25, 0.3) is 0 Å². The average molecular weight is 404 g/mol. The van der Waals surface area contributed by atoms with Gasteiger partial charge in [0.15, 0.2) is 5.96 Å². The van der Waals surface area contributed by atoms with Crippen molar-refractivity contribution in [3.63, 3.8) is 0 Å². The Morgan fingerprint density at radius 2 is 2.29 bits per heavy atom. The van der Waals surface area contributed by atoms with Gasteiger partial charge in [-0.25, -0.2) is 4.98 Å². The van der Waals surface area contributed by atoms with E-state index >= 15 is 0 Å². The molecule has 1 aromatic rings. The minimum Gasteiger partial charge on any atom is -0.481 e. The van der Waals surface area contributed by atoms with E-state index in [0.717, 1.165) is 24.6 Å². The topological polar surface area (TPSA) is 49.8 Å². The molecule has 2 heterocycles. The van der Waals surface area contributed by atoms with E-state index in [1.54, 1.807) is 13.3 Å². The van der Waals surface area contributed by atoms with Crippen LogP contribution in [0.25, 0.3) is 0 Å². The molecule has 118 valence electrons. The third-order valence-electron chi connectivity index (χ3n) is 3.67. The lowest BCUT2D eigenvalue weighted by Crippen LogP contribution is -2.40. The van der Waals surface area contributed by atoms with Gasteiger partial charge in [-0.2, -0.15) is 0 Å². The van der Waals surface area contributed by atoms with Gasteiger partial charge in [0.2, 0.25) is 5.88 Å². The number of aromatic nitrogens is 1. The summed E-state index contributed by atoms with van der Waals surface area (Å²) < 4.78 is 5.27. The van der Waals surface area contributed by atoms with Crippen molar-refractivity contribution in [2.75, 3.05) is 27.2 Å². The standard InChI is InChI=1S/C15H24N4O.HI/c1-15(2)7-9-19(11-15)14(16-3)18-10-12-6-5-8-17-13(12)20-4;/h5-6,8H,7,9-11H2,1-4H3,(H,16,18);1H. The van der Waals surface area contributed by atoms with Crippen LogP contribution in [0.4, 0.5) is 0 Å². The Bertz CT molecular complexity index is 490. The van der Waals surface area contributed by atoms with Crippen molar-refractivity contribution in [3.8, 4) is 5.88 Å². The molecule has 1 fully saturated rings. The largest absolute Gasteiger partial charge is 0.481 e. The zero-order chi connectivity index (χ0) is 14.6. The van der Waals surface area contributed by atoms with Crippen molar-refractivity contribution in [1.29, 1.82) is 0 Å². The molecular weight excluding hydrogens is 379 g/mol. The lowest BCUT2D eigenvalue weighted by atomic mass is 9.93. The molecular formula is C15H25IN4O. The Hall–Kier alpha value is -1.05. The molecule has 2 rings (SSSR count). The van der Waals surface area contributed by atoms with Crippen LogP contribution < -0.4 is 10.1 Å². The maximum Gasteiger partial charge on any atom is 0.218 e.